The highest BCUT2D eigenvalue weighted by atomic mass is 16.4. The Bertz CT molecular complexity index is 667. The molecule has 1 aliphatic carbocycles. The highest BCUT2D eigenvalue weighted by molar-refractivity contribution is 5.90. The molecular weight excluding hydrogens is 252 g/mol. The smallest absolute Gasteiger partial charge is 0.335 e. The molecule has 0 saturated carbocycles. The van der Waals surface area contributed by atoms with Crippen molar-refractivity contribution in [1.29, 1.82) is 0 Å². The molecule has 2 aromatic carbocycles. The van der Waals surface area contributed by atoms with Crippen molar-refractivity contribution < 1.29 is 9.90 Å². The number of rotatable bonds is 4. The molecule has 4 nitrogen and oxygen atoms in total. The Kier molecular flexibility index (Phi) is 3.06. The lowest BCUT2D eigenvalue weighted by Crippen LogP contribution is -2.24. The SMILES string of the molecule is Nc1cc(C(=O)O)ccc1NCC1Cc2ccccc21. The van der Waals surface area contributed by atoms with Crippen molar-refractivity contribution in [2.75, 3.05) is 17.6 Å². The number of hydrogen-bond acceptors (Lipinski definition) is 3. The second kappa shape index (κ2) is 4.89. The number of aromatic carboxylic acids is 1. The Morgan fingerprint density at radius 1 is 1.30 bits per heavy atom. The van der Waals surface area contributed by atoms with Crippen LogP contribution in [0.1, 0.15) is 27.4 Å². The van der Waals surface area contributed by atoms with Crippen molar-refractivity contribution in [3.63, 3.8) is 0 Å². The molecule has 2 aromatic rings. The van der Waals surface area contributed by atoms with E-state index in [4.69, 9.17) is 10.8 Å². The zero-order valence-electron chi connectivity index (χ0n) is 11.0. The maximum atomic E-state index is 10.8. The third kappa shape index (κ3) is 2.20. The first-order chi connectivity index (χ1) is 9.65. The number of anilines is 2. The molecule has 1 atom stereocenters. The lowest BCUT2D eigenvalue weighted by atomic mass is 9.77. The summed E-state index contributed by atoms with van der Waals surface area (Å²) >= 11 is 0. The third-order valence-electron chi connectivity index (χ3n) is 3.80. The van der Waals surface area contributed by atoms with Gasteiger partial charge in [0.05, 0.1) is 16.9 Å². The molecule has 0 radical (unpaired) electrons. The minimum absolute atomic E-state index is 0.210. The molecule has 0 spiro atoms. The predicted octanol–water partition coefficient (Wildman–Crippen LogP) is 2.72. The number of nitrogen functional groups attached to an aromatic ring is 1. The summed E-state index contributed by atoms with van der Waals surface area (Å²) in [5.74, 6) is -0.457. The average molecular weight is 268 g/mol. The van der Waals surface area contributed by atoms with Gasteiger partial charge in [0.25, 0.3) is 0 Å². The van der Waals surface area contributed by atoms with Gasteiger partial charge in [-0.3, -0.25) is 0 Å². The average Bonchev–Trinajstić information content (AvgIpc) is 2.41. The van der Waals surface area contributed by atoms with Crippen LogP contribution >= 0.6 is 0 Å². The van der Waals surface area contributed by atoms with Crippen LogP contribution in [0.15, 0.2) is 42.5 Å². The molecule has 0 bridgehead atoms. The van der Waals surface area contributed by atoms with Gasteiger partial charge in [-0.2, -0.15) is 0 Å². The molecule has 0 saturated heterocycles. The van der Waals surface area contributed by atoms with E-state index < -0.39 is 5.97 Å². The van der Waals surface area contributed by atoms with E-state index in [9.17, 15) is 4.79 Å². The summed E-state index contributed by atoms with van der Waals surface area (Å²) in [6, 6.07) is 13.2. The Balaban J connectivity index is 1.67. The van der Waals surface area contributed by atoms with Crippen LogP contribution in [-0.2, 0) is 6.42 Å². The van der Waals surface area contributed by atoms with Gasteiger partial charge in [-0.15, -0.1) is 0 Å². The van der Waals surface area contributed by atoms with Crippen molar-refractivity contribution in [1.82, 2.24) is 0 Å². The van der Waals surface area contributed by atoms with Gasteiger partial charge in [-0.1, -0.05) is 24.3 Å². The molecule has 3 rings (SSSR count). The quantitative estimate of drug-likeness (QED) is 0.745. The van der Waals surface area contributed by atoms with Crippen molar-refractivity contribution in [3.05, 3.63) is 59.2 Å². The lowest BCUT2D eigenvalue weighted by Gasteiger charge is -2.30. The fourth-order valence-corrected chi connectivity index (χ4v) is 2.63. The van der Waals surface area contributed by atoms with Crippen molar-refractivity contribution in [3.8, 4) is 0 Å². The van der Waals surface area contributed by atoms with Gasteiger partial charge < -0.3 is 16.2 Å². The molecule has 4 N–H and O–H groups in total. The van der Waals surface area contributed by atoms with Crippen LogP contribution in [0, 0.1) is 0 Å². The molecule has 0 aromatic heterocycles. The zero-order chi connectivity index (χ0) is 14.1. The molecule has 0 amide bonds. The van der Waals surface area contributed by atoms with Crippen molar-refractivity contribution in [2.45, 2.75) is 12.3 Å². The van der Waals surface area contributed by atoms with Gasteiger partial charge in [0.2, 0.25) is 0 Å². The van der Waals surface area contributed by atoms with Gasteiger partial charge in [0.1, 0.15) is 0 Å². The fourth-order valence-electron chi connectivity index (χ4n) is 2.63. The number of benzene rings is 2. The second-order valence-corrected chi connectivity index (χ2v) is 5.09. The van der Waals surface area contributed by atoms with E-state index in [1.165, 1.54) is 17.2 Å². The van der Waals surface area contributed by atoms with Crippen LogP contribution in [0.5, 0.6) is 0 Å². The van der Waals surface area contributed by atoms with Crippen LogP contribution < -0.4 is 11.1 Å². The summed E-state index contributed by atoms with van der Waals surface area (Å²) in [5.41, 5.74) is 10.1. The molecule has 0 aliphatic heterocycles. The van der Waals surface area contributed by atoms with E-state index in [2.05, 4.69) is 29.6 Å². The number of carbonyl (C=O) groups is 1. The minimum Gasteiger partial charge on any atom is -0.478 e. The number of carboxylic acids is 1. The van der Waals surface area contributed by atoms with E-state index >= 15 is 0 Å². The number of nitrogens with two attached hydrogens (primary N) is 1. The van der Waals surface area contributed by atoms with Gasteiger partial charge in [0.15, 0.2) is 0 Å². The summed E-state index contributed by atoms with van der Waals surface area (Å²) in [6.07, 6.45) is 1.08. The van der Waals surface area contributed by atoms with Crippen LogP contribution in [0.4, 0.5) is 11.4 Å². The van der Waals surface area contributed by atoms with Crippen LogP contribution in [0.25, 0.3) is 0 Å². The normalized spacial score (nSPS) is 16.1. The lowest BCUT2D eigenvalue weighted by molar-refractivity contribution is 0.0697. The zero-order valence-corrected chi connectivity index (χ0v) is 11.0. The van der Waals surface area contributed by atoms with E-state index in [1.807, 2.05) is 0 Å². The molecule has 0 heterocycles. The topological polar surface area (TPSA) is 75.4 Å². The first kappa shape index (κ1) is 12.5. The van der Waals surface area contributed by atoms with Crippen molar-refractivity contribution in [2.24, 2.45) is 0 Å². The Morgan fingerprint density at radius 3 is 2.80 bits per heavy atom. The third-order valence-corrected chi connectivity index (χ3v) is 3.80. The van der Waals surface area contributed by atoms with Gasteiger partial charge >= 0.3 is 5.97 Å². The van der Waals surface area contributed by atoms with Gasteiger partial charge in [0, 0.05) is 12.5 Å². The van der Waals surface area contributed by atoms with E-state index in [1.54, 1.807) is 12.1 Å². The summed E-state index contributed by atoms with van der Waals surface area (Å²) < 4.78 is 0. The second-order valence-electron chi connectivity index (χ2n) is 5.09. The summed E-state index contributed by atoms with van der Waals surface area (Å²) in [5, 5.41) is 12.2. The van der Waals surface area contributed by atoms with Crippen LogP contribution in [0.2, 0.25) is 0 Å². The first-order valence-corrected chi connectivity index (χ1v) is 6.59. The van der Waals surface area contributed by atoms with Gasteiger partial charge in [-0.05, 0) is 35.7 Å². The van der Waals surface area contributed by atoms with E-state index in [0.29, 0.717) is 11.6 Å². The highest BCUT2D eigenvalue weighted by Crippen LogP contribution is 2.35. The number of hydrogen-bond donors (Lipinski definition) is 3. The fraction of sp³-hybridized carbons (Fsp3) is 0.188. The molecular formula is C16H16N2O2. The number of nitrogens with one attached hydrogen (secondary N) is 1. The summed E-state index contributed by atoms with van der Waals surface area (Å²) in [6.45, 7) is 0.813. The predicted molar refractivity (Wildman–Crippen MR) is 79.2 cm³/mol. The summed E-state index contributed by atoms with van der Waals surface area (Å²) in [7, 11) is 0. The molecule has 1 aliphatic rings. The molecule has 4 heteroatoms. The number of carboxylic acid groups (broad SMARTS) is 1. The largest absolute Gasteiger partial charge is 0.478 e. The minimum atomic E-state index is -0.962. The van der Waals surface area contributed by atoms with Crippen LogP contribution in [0.3, 0.4) is 0 Å². The van der Waals surface area contributed by atoms with Crippen LogP contribution in [-0.4, -0.2) is 17.6 Å². The maximum Gasteiger partial charge on any atom is 0.335 e. The number of fused-ring (bicyclic) bond motifs is 1. The summed E-state index contributed by atoms with van der Waals surface area (Å²) in [4.78, 5) is 10.8. The molecule has 102 valence electrons. The first-order valence-electron chi connectivity index (χ1n) is 6.59. The van der Waals surface area contributed by atoms with Crippen molar-refractivity contribution >= 4 is 17.3 Å². The monoisotopic (exact) mass is 268 g/mol. The standard InChI is InChI=1S/C16H16N2O2/c17-14-8-11(16(19)20)5-6-15(14)18-9-12-7-10-3-1-2-4-13(10)12/h1-6,8,12,18H,7,9,17H2,(H,19,20). The Hall–Kier alpha value is -2.49. The Morgan fingerprint density at radius 2 is 2.10 bits per heavy atom. The highest BCUT2D eigenvalue weighted by Gasteiger charge is 2.24. The molecule has 1 unspecified atom stereocenters. The molecule has 0 fully saturated rings. The van der Waals surface area contributed by atoms with E-state index in [0.717, 1.165) is 18.7 Å². The van der Waals surface area contributed by atoms with E-state index in [-0.39, 0.29) is 5.56 Å². The molecule has 20 heavy (non-hydrogen) atoms. The Labute approximate surface area is 117 Å². The maximum absolute atomic E-state index is 10.8. The van der Waals surface area contributed by atoms with Gasteiger partial charge in [-0.25, -0.2) is 4.79 Å².